The van der Waals surface area contributed by atoms with Gasteiger partial charge in [0, 0.05) is 11.6 Å². The zero-order chi connectivity index (χ0) is 12.5. The van der Waals surface area contributed by atoms with Crippen LogP contribution in [0, 0.1) is 5.92 Å². The molecule has 0 N–H and O–H groups in total. The predicted molar refractivity (Wildman–Crippen MR) is 71.9 cm³/mol. The molecular formula is C15H20N2O. The van der Waals surface area contributed by atoms with E-state index in [1.807, 2.05) is 6.07 Å². The molecule has 1 aromatic rings. The van der Waals surface area contributed by atoms with Gasteiger partial charge in [0.25, 0.3) is 0 Å². The van der Waals surface area contributed by atoms with Crippen molar-refractivity contribution in [3.63, 3.8) is 0 Å². The summed E-state index contributed by atoms with van der Waals surface area (Å²) in [6, 6.07) is 6.49. The van der Waals surface area contributed by atoms with Gasteiger partial charge >= 0.3 is 0 Å². The van der Waals surface area contributed by atoms with Crippen LogP contribution in [0.25, 0.3) is 0 Å². The van der Waals surface area contributed by atoms with Crippen LogP contribution < -0.4 is 0 Å². The molecule has 2 aliphatic rings. The fraction of sp³-hybridized carbons (Fsp3) is 0.600. The standard InChI is InChI=1S/C15H20N2O/c1-10(2)8-12-9-18-15(16-12)14-5-3-4-13(17-14)11-6-7-11/h3-5,10-12H,6-9H2,1-2H3/t12-/m0/s1. The molecule has 1 atom stereocenters. The lowest BCUT2D eigenvalue weighted by atomic mass is 10.1. The van der Waals surface area contributed by atoms with E-state index in [1.165, 1.54) is 18.5 Å². The number of aromatic nitrogens is 1. The first kappa shape index (κ1) is 11.7. The summed E-state index contributed by atoms with van der Waals surface area (Å²) in [6.07, 6.45) is 3.64. The predicted octanol–water partition coefficient (Wildman–Crippen LogP) is 3.15. The maximum atomic E-state index is 5.70. The smallest absolute Gasteiger partial charge is 0.235 e. The molecule has 3 rings (SSSR count). The topological polar surface area (TPSA) is 34.5 Å². The van der Waals surface area contributed by atoms with Crippen molar-refractivity contribution < 1.29 is 4.74 Å². The summed E-state index contributed by atoms with van der Waals surface area (Å²) in [7, 11) is 0. The van der Waals surface area contributed by atoms with Gasteiger partial charge in [-0.25, -0.2) is 9.98 Å². The highest BCUT2D eigenvalue weighted by atomic mass is 16.5. The Morgan fingerprint density at radius 1 is 1.33 bits per heavy atom. The number of nitrogens with zero attached hydrogens (tertiary/aromatic N) is 2. The van der Waals surface area contributed by atoms with Crippen LogP contribution in [0.5, 0.6) is 0 Å². The minimum Gasteiger partial charge on any atom is -0.474 e. The average Bonchev–Trinajstić information content (AvgIpc) is 3.10. The van der Waals surface area contributed by atoms with Crippen molar-refractivity contribution in [3.8, 4) is 0 Å². The Kier molecular flexibility index (Phi) is 3.06. The van der Waals surface area contributed by atoms with Crippen molar-refractivity contribution in [2.24, 2.45) is 10.9 Å². The van der Waals surface area contributed by atoms with E-state index in [4.69, 9.17) is 4.74 Å². The van der Waals surface area contributed by atoms with Gasteiger partial charge in [-0.05, 0) is 37.3 Å². The van der Waals surface area contributed by atoms with E-state index in [0.717, 1.165) is 18.0 Å². The van der Waals surface area contributed by atoms with Crippen LogP contribution in [0.1, 0.15) is 50.4 Å². The summed E-state index contributed by atoms with van der Waals surface area (Å²) < 4.78 is 5.70. The molecular weight excluding hydrogens is 224 g/mol. The third kappa shape index (κ3) is 2.55. The molecule has 96 valence electrons. The van der Waals surface area contributed by atoms with Gasteiger partial charge in [-0.15, -0.1) is 0 Å². The van der Waals surface area contributed by atoms with Crippen LogP contribution >= 0.6 is 0 Å². The number of pyridine rings is 1. The first-order valence-electron chi connectivity index (χ1n) is 6.90. The maximum Gasteiger partial charge on any atom is 0.235 e. The van der Waals surface area contributed by atoms with Crippen molar-refractivity contribution in [2.75, 3.05) is 6.61 Å². The summed E-state index contributed by atoms with van der Waals surface area (Å²) in [4.78, 5) is 9.33. The third-order valence-electron chi connectivity index (χ3n) is 3.44. The van der Waals surface area contributed by atoms with Crippen LogP contribution in [0.4, 0.5) is 0 Å². The second-order valence-electron chi connectivity index (χ2n) is 5.75. The lowest BCUT2D eigenvalue weighted by Crippen LogP contribution is -2.09. The van der Waals surface area contributed by atoms with Crippen LogP contribution in [-0.2, 0) is 4.74 Å². The second-order valence-corrected chi connectivity index (χ2v) is 5.75. The van der Waals surface area contributed by atoms with E-state index in [-0.39, 0.29) is 0 Å². The Morgan fingerprint density at radius 3 is 2.89 bits per heavy atom. The summed E-state index contributed by atoms with van der Waals surface area (Å²) >= 11 is 0. The molecule has 1 aliphatic carbocycles. The van der Waals surface area contributed by atoms with Gasteiger partial charge in [0.15, 0.2) is 0 Å². The Bertz CT molecular complexity index is 463. The second kappa shape index (κ2) is 4.71. The Hall–Kier alpha value is -1.38. The fourth-order valence-corrected chi connectivity index (χ4v) is 2.40. The summed E-state index contributed by atoms with van der Waals surface area (Å²) in [5.74, 6) is 2.08. The van der Waals surface area contributed by atoms with Gasteiger partial charge in [0.2, 0.25) is 5.90 Å². The van der Waals surface area contributed by atoms with Crippen LogP contribution in [-0.4, -0.2) is 23.5 Å². The molecule has 3 nitrogen and oxygen atoms in total. The molecule has 0 bridgehead atoms. The number of hydrogen-bond donors (Lipinski definition) is 0. The molecule has 0 spiro atoms. The van der Waals surface area contributed by atoms with Crippen molar-refractivity contribution in [1.82, 2.24) is 4.98 Å². The molecule has 0 radical (unpaired) electrons. The molecule has 1 fully saturated rings. The zero-order valence-electron chi connectivity index (χ0n) is 11.1. The van der Waals surface area contributed by atoms with E-state index in [9.17, 15) is 0 Å². The number of hydrogen-bond acceptors (Lipinski definition) is 3. The van der Waals surface area contributed by atoms with E-state index in [0.29, 0.717) is 24.5 Å². The largest absolute Gasteiger partial charge is 0.474 e. The fourth-order valence-electron chi connectivity index (χ4n) is 2.40. The minimum atomic E-state index is 0.311. The number of aliphatic imine (C=N–C) groups is 1. The SMILES string of the molecule is CC(C)C[C@H]1COC(c2cccc(C3CC3)n2)=N1. The first-order chi connectivity index (χ1) is 8.72. The van der Waals surface area contributed by atoms with Crippen molar-refractivity contribution in [3.05, 3.63) is 29.6 Å². The summed E-state index contributed by atoms with van der Waals surface area (Å²) in [6.45, 7) is 5.15. The minimum absolute atomic E-state index is 0.311. The molecule has 1 aromatic heterocycles. The van der Waals surface area contributed by atoms with Crippen molar-refractivity contribution >= 4 is 5.90 Å². The van der Waals surface area contributed by atoms with Gasteiger partial charge in [0.1, 0.15) is 12.3 Å². The van der Waals surface area contributed by atoms with Crippen molar-refractivity contribution in [2.45, 2.75) is 45.1 Å². The molecule has 2 heterocycles. The highest BCUT2D eigenvalue weighted by molar-refractivity contribution is 5.93. The lowest BCUT2D eigenvalue weighted by molar-refractivity contribution is 0.301. The summed E-state index contributed by atoms with van der Waals surface area (Å²) in [5.41, 5.74) is 2.11. The molecule has 0 unspecified atom stereocenters. The monoisotopic (exact) mass is 244 g/mol. The molecule has 0 saturated heterocycles. The Morgan fingerprint density at radius 2 is 2.17 bits per heavy atom. The van der Waals surface area contributed by atoms with E-state index in [2.05, 4.69) is 36.0 Å². The number of rotatable bonds is 4. The van der Waals surface area contributed by atoms with E-state index < -0.39 is 0 Å². The van der Waals surface area contributed by atoms with Gasteiger partial charge < -0.3 is 4.74 Å². The normalized spacial score (nSPS) is 23.1. The molecule has 18 heavy (non-hydrogen) atoms. The highest BCUT2D eigenvalue weighted by Crippen LogP contribution is 2.38. The maximum absolute atomic E-state index is 5.70. The summed E-state index contributed by atoms with van der Waals surface area (Å²) in [5, 5.41) is 0. The van der Waals surface area contributed by atoms with Crippen LogP contribution in [0.15, 0.2) is 23.2 Å². The van der Waals surface area contributed by atoms with Gasteiger partial charge in [-0.2, -0.15) is 0 Å². The lowest BCUT2D eigenvalue weighted by Gasteiger charge is -2.06. The molecule has 0 aromatic carbocycles. The Balaban J connectivity index is 1.76. The van der Waals surface area contributed by atoms with Gasteiger partial charge in [-0.1, -0.05) is 19.9 Å². The molecule has 0 amide bonds. The van der Waals surface area contributed by atoms with Crippen LogP contribution in [0.3, 0.4) is 0 Å². The highest BCUT2D eigenvalue weighted by Gasteiger charge is 2.27. The molecule has 1 aliphatic heterocycles. The van der Waals surface area contributed by atoms with Crippen molar-refractivity contribution in [1.29, 1.82) is 0 Å². The third-order valence-corrected chi connectivity index (χ3v) is 3.44. The van der Waals surface area contributed by atoms with E-state index >= 15 is 0 Å². The van der Waals surface area contributed by atoms with Gasteiger partial charge in [0.05, 0.1) is 6.04 Å². The van der Waals surface area contributed by atoms with E-state index in [1.54, 1.807) is 0 Å². The first-order valence-corrected chi connectivity index (χ1v) is 6.90. The average molecular weight is 244 g/mol. The quantitative estimate of drug-likeness (QED) is 0.815. The van der Waals surface area contributed by atoms with Crippen LogP contribution in [0.2, 0.25) is 0 Å². The molecule has 1 saturated carbocycles. The molecule has 3 heteroatoms. The van der Waals surface area contributed by atoms with Gasteiger partial charge in [-0.3, -0.25) is 0 Å². The Labute approximate surface area is 108 Å². The number of ether oxygens (including phenoxy) is 1. The zero-order valence-corrected chi connectivity index (χ0v) is 11.1.